The Bertz CT molecular complexity index is 1010. The first-order valence-corrected chi connectivity index (χ1v) is 23.4. The Hall–Kier alpha value is -1.92. The van der Waals surface area contributed by atoms with Crippen LogP contribution < -0.4 is 19.0 Å². The highest BCUT2D eigenvalue weighted by atomic mass is 28.4. The molecule has 0 aliphatic rings. The van der Waals surface area contributed by atoms with E-state index < -0.39 is 24.9 Å². The van der Waals surface area contributed by atoms with Crippen molar-refractivity contribution in [3.05, 3.63) is 53.6 Å². The van der Waals surface area contributed by atoms with Crippen LogP contribution in [0.25, 0.3) is 0 Å². The topological polar surface area (TPSA) is 60.0 Å². The predicted octanol–water partition coefficient (Wildman–Crippen LogP) is 6.82. The molecule has 0 radical (unpaired) electrons. The lowest BCUT2D eigenvalue weighted by Crippen LogP contribution is -2.46. The smallest absolute Gasteiger partial charge is 0.242 e. The molecule has 0 aliphatic heterocycles. The molecule has 2 aromatic rings. The zero-order valence-electron chi connectivity index (χ0n) is 24.8. The normalized spacial score (nSPS) is 14.1. The lowest BCUT2D eigenvalue weighted by molar-refractivity contribution is -0.106. The van der Waals surface area contributed by atoms with Gasteiger partial charge >= 0.3 is 0 Å². The van der Waals surface area contributed by atoms with Crippen LogP contribution in [0.5, 0.6) is 11.5 Å². The minimum absolute atomic E-state index is 0.125. The minimum Gasteiger partial charge on any atom is -0.543 e. The van der Waals surface area contributed by atoms with Crippen LogP contribution in [0.4, 0.5) is 5.69 Å². The van der Waals surface area contributed by atoms with E-state index in [1.165, 1.54) is 5.56 Å². The number of carbonyl (C=O) groups excluding carboxylic acids is 1. The third kappa shape index (κ3) is 10.4. The summed E-state index contributed by atoms with van der Waals surface area (Å²) in [4.78, 5) is 12.3. The molecule has 1 N–H and O–H groups in total. The minimum atomic E-state index is -1.98. The van der Waals surface area contributed by atoms with Gasteiger partial charge in [-0.05, 0) is 88.0 Å². The third-order valence-electron chi connectivity index (χ3n) is 5.71. The molecule has 0 saturated heterocycles. The van der Waals surface area contributed by atoms with E-state index in [4.69, 9.17) is 13.6 Å². The van der Waals surface area contributed by atoms with E-state index in [-0.39, 0.29) is 12.1 Å². The van der Waals surface area contributed by atoms with Crippen molar-refractivity contribution in [2.45, 2.75) is 84.4 Å². The Kier molecular flexibility index (Phi) is 10.8. The average molecular weight is 561 g/mol. The van der Waals surface area contributed by atoms with Crippen LogP contribution >= 0.6 is 0 Å². The van der Waals surface area contributed by atoms with Crippen LogP contribution in [-0.4, -0.2) is 51.0 Å². The van der Waals surface area contributed by atoms with Crippen molar-refractivity contribution in [3.8, 4) is 11.5 Å². The summed E-state index contributed by atoms with van der Waals surface area (Å²) in [6.45, 7) is 22.5. The van der Waals surface area contributed by atoms with Gasteiger partial charge in [0.25, 0.3) is 0 Å². The van der Waals surface area contributed by atoms with Gasteiger partial charge < -0.3 is 23.5 Å². The van der Waals surface area contributed by atoms with E-state index >= 15 is 0 Å². The van der Waals surface area contributed by atoms with Gasteiger partial charge in [0.15, 0.2) is 16.6 Å². The van der Waals surface area contributed by atoms with Crippen LogP contribution in [0.15, 0.2) is 42.5 Å². The quantitative estimate of drug-likeness (QED) is 0.203. The fraction of sp³-hybridized carbons (Fsp3) is 0.536. The predicted molar refractivity (Wildman–Crippen MR) is 164 cm³/mol. The van der Waals surface area contributed by atoms with E-state index in [1.54, 1.807) is 7.11 Å². The largest absolute Gasteiger partial charge is 0.543 e. The van der Waals surface area contributed by atoms with E-state index in [0.717, 1.165) is 35.6 Å². The number of benzene rings is 2. The molecule has 2 aromatic carbocycles. The lowest BCUT2D eigenvalue weighted by Gasteiger charge is -2.35. The molecular formula is C28H48N2O4Si3. The number of carbonyl (C=O) groups is 1. The van der Waals surface area contributed by atoms with Crippen LogP contribution in [-0.2, 0) is 15.6 Å². The van der Waals surface area contributed by atoms with Crippen molar-refractivity contribution >= 4 is 37.0 Å². The van der Waals surface area contributed by atoms with Gasteiger partial charge in [0.05, 0.1) is 18.9 Å². The number of nitrogens with zero attached hydrogens (tertiary/aromatic N) is 1. The lowest BCUT2D eigenvalue weighted by atomic mass is 10.1. The second-order valence-corrected chi connectivity index (χ2v) is 26.4. The second-order valence-electron chi connectivity index (χ2n) is 12.7. The van der Waals surface area contributed by atoms with E-state index in [1.807, 2.05) is 22.8 Å². The van der Waals surface area contributed by atoms with Gasteiger partial charge in [0.1, 0.15) is 11.5 Å². The molecule has 206 valence electrons. The van der Waals surface area contributed by atoms with Crippen LogP contribution in [0, 0.1) is 0 Å². The molecule has 0 aliphatic carbocycles. The Morgan fingerprint density at radius 1 is 0.919 bits per heavy atom. The van der Waals surface area contributed by atoms with Crippen molar-refractivity contribution in [1.29, 1.82) is 0 Å². The molecule has 0 aromatic heterocycles. The van der Waals surface area contributed by atoms with E-state index in [0.29, 0.717) is 6.54 Å². The Balaban J connectivity index is 2.35. The van der Waals surface area contributed by atoms with Gasteiger partial charge in [-0.15, -0.1) is 0 Å². The highest BCUT2D eigenvalue weighted by Gasteiger charge is 2.30. The van der Waals surface area contributed by atoms with Crippen LogP contribution in [0.2, 0.25) is 58.9 Å². The summed E-state index contributed by atoms with van der Waals surface area (Å²) in [7, 11) is -4.02. The number of methoxy groups -OCH3 is 1. The molecule has 1 amide bonds. The van der Waals surface area contributed by atoms with E-state index in [9.17, 15) is 4.79 Å². The number of rotatable bonds is 14. The summed E-state index contributed by atoms with van der Waals surface area (Å²) in [6, 6.07) is 14.7. The molecule has 0 saturated carbocycles. The number of nitrogens with one attached hydrogen (secondary N) is 1. The summed E-state index contributed by atoms with van der Waals surface area (Å²) in [6.07, 6.45) is 1.75. The Morgan fingerprint density at radius 2 is 1.54 bits per heavy atom. The first-order valence-electron chi connectivity index (χ1n) is 13.1. The fourth-order valence-corrected chi connectivity index (χ4v) is 7.18. The van der Waals surface area contributed by atoms with Crippen LogP contribution in [0.1, 0.15) is 24.2 Å². The maximum atomic E-state index is 12.3. The summed E-state index contributed by atoms with van der Waals surface area (Å²) >= 11 is 0. The molecule has 2 atom stereocenters. The summed E-state index contributed by atoms with van der Waals surface area (Å²) in [5.41, 5.74) is 3.18. The number of hydrogen-bond donors (Lipinski definition) is 1. The fourth-order valence-electron chi connectivity index (χ4n) is 4.07. The van der Waals surface area contributed by atoms with Crippen molar-refractivity contribution in [2.75, 3.05) is 18.2 Å². The molecular weight excluding hydrogens is 513 g/mol. The molecule has 9 heteroatoms. The van der Waals surface area contributed by atoms with Crippen LogP contribution in [0.3, 0.4) is 0 Å². The van der Waals surface area contributed by atoms with Crippen molar-refractivity contribution in [1.82, 2.24) is 5.32 Å². The van der Waals surface area contributed by atoms with Crippen molar-refractivity contribution in [2.24, 2.45) is 0 Å². The van der Waals surface area contributed by atoms with Gasteiger partial charge in [-0.2, -0.15) is 0 Å². The zero-order valence-corrected chi connectivity index (χ0v) is 27.8. The number of ether oxygens (including phenoxy) is 1. The summed E-state index contributed by atoms with van der Waals surface area (Å²) in [5, 5.41) is 3.69. The Labute approximate surface area is 228 Å². The second kappa shape index (κ2) is 12.8. The van der Waals surface area contributed by atoms with Gasteiger partial charge in [0.2, 0.25) is 14.7 Å². The highest BCUT2D eigenvalue weighted by Crippen LogP contribution is 2.36. The standard InChI is InChI=1S/C28H48N2O4Si3/c1-22(18-23-12-15-25(32-2)16-13-23)29-20-28(34-37(9,10)11)24-14-17-27(33-36(6,7)8)26(19-24)30(21-31)35(3,4)5/h12-17,19,21-22,28-29H,18,20H2,1-11H3. The molecule has 0 bridgehead atoms. The first-order chi connectivity index (χ1) is 17.0. The SMILES string of the molecule is COc1ccc(CC(C)NCC(O[Si](C)(C)C)c2ccc(O[Si](C)(C)C)c(N(C=O)[Si](C)(C)C)c2)cc1. The zero-order chi connectivity index (χ0) is 28.0. The third-order valence-corrected chi connectivity index (χ3v) is 9.32. The summed E-state index contributed by atoms with van der Waals surface area (Å²) < 4.78 is 20.3. The molecule has 2 unspecified atom stereocenters. The van der Waals surface area contributed by atoms with Gasteiger partial charge in [-0.25, -0.2) is 0 Å². The number of hydrogen-bond acceptors (Lipinski definition) is 5. The van der Waals surface area contributed by atoms with Gasteiger partial charge in [-0.3, -0.25) is 4.79 Å². The highest BCUT2D eigenvalue weighted by molar-refractivity contribution is 6.82. The van der Waals surface area contributed by atoms with Crippen molar-refractivity contribution in [3.63, 3.8) is 0 Å². The molecule has 0 fully saturated rings. The monoisotopic (exact) mass is 560 g/mol. The molecule has 0 spiro atoms. The summed E-state index contributed by atoms with van der Waals surface area (Å²) in [5.74, 6) is 1.65. The molecule has 0 heterocycles. The Morgan fingerprint density at radius 3 is 2.03 bits per heavy atom. The molecule has 6 nitrogen and oxygen atoms in total. The van der Waals surface area contributed by atoms with Crippen molar-refractivity contribution < 1.29 is 18.4 Å². The molecule has 37 heavy (non-hydrogen) atoms. The number of amides is 1. The molecule has 2 rings (SSSR count). The number of anilines is 1. The maximum absolute atomic E-state index is 12.3. The van der Waals surface area contributed by atoms with Gasteiger partial charge in [0, 0.05) is 12.6 Å². The maximum Gasteiger partial charge on any atom is 0.242 e. The average Bonchev–Trinajstić information content (AvgIpc) is 2.76. The van der Waals surface area contributed by atoms with E-state index in [2.05, 4.69) is 95.4 Å². The first kappa shape index (κ1) is 31.3. The van der Waals surface area contributed by atoms with Gasteiger partial charge in [-0.1, -0.05) is 37.8 Å².